The van der Waals surface area contributed by atoms with Gasteiger partial charge in [-0.2, -0.15) is 18.3 Å². The van der Waals surface area contributed by atoms with Gasteiger partial charge in [0.25, 0.3) is 5.91 Å². The van der Waals surface area contributed by atoms with E-state index < -0.39 is 89.0 Å². The first-order chi connectivity index (χ1) is 19.3. The van der Waals surface area contributed by atoms with Gasteiger partial charge in [0.1, 0.15) is 11.6 Å². The standard InChI is InChI=1S/C26H21F7N4O4/c27-15-5-13(6-16(28)7-15)11-36(12-21(38)22-19(29)9-34-10-20(22)30)24(39)18-8-35-37(23(18)26(31,32)33)17-3-1-14(2-4-17)25(40)41/h5-10,14,17H,1-4,11-12H2,(H,40,41). The van der Waals surface area contributed by atoms with E-state index in [4.69, 9.17) is 0 Å². The number of hydrogen-bond donors (Lipinski definition) is 1. The third-order valence-corrected chi connectivity index (χ3v) is 6.74. The second kappa shape index (κ2) is 11.7. The monoisotopic (exact) mass is 586 g/mol. The fourth-order valence-corrected chi connectivity index (χ4v) is 4.87. The maximum absolute atomic E-state index is 14.3. The minimum absolute atomic E-state index is 0.0285. The highest BCUT2D eigenvalue weighted by molar-refractivity contribution is 6.02. The number of amides is 1. The van der Waals surface area contributed by atoms with Crippen LogP contribution in [0.4, 0.5) is 30.7 Å². The van der Waals surface area contributed by atoms with Crippen LogP contribution >= 0.6 is 0 Å². The van der Waals surface area contributed by atoms with Crippen LogP contribution in [0.1, 0.15) is 63.7 Å². The Bertz CT molecular complexity index is 1440. The second-order valence-corrected chi connectivity index (χ2v) is 9.53. The molecule has 1 aromatic carbocycles. The van der Waals surface area contributed by atoms with Crippen LogP contribution in [0.3, 0.4) is 0 Å². The van der Waals surface area contributed by atoms with Crippen molar-refractivity contribution in [1.82, 2.24) is 19.7 Å². The van der Waals surface area contributed by atoms with Gasteiger partial charge in [-0.3, -0.25) is 24.0 Å². The number of rotatable bonds is 8. The zero-order chi connectivity index (χ0) is 30.1. The molecule has 2 aromatic heterocycles. The van der Waals surface area contributed by atoms with Crippen molar-refractivity contribution in [2.24, 2.45) is 5.92 Å². The summed E-state index contributed by atoms with van der Waals surface area (Å²) in [4.78, 5) is 41.3. The number of carbonyl (C=O) groups is 3. The van der Waals surface area contributed by atoms with E-state index in [1.54, 1.807) is 0 Å². The van der Waals surface area contributed by atoms with Crippen molar-refractivity contribution in [3.8, 4) is 0 Å². The summed E-state index contributed by atoms with van der Waals surface area (Å²) in [6, 6.07) is 1.16. The highest BCUT2D eigenvalue weighted by atomic mass is 19.4. The third kappa shape index (κ3) is 6.55. The topological polar surface area (TPSA) is 105 Å². The van der Waals surface area contributed by atoms with Crippen molar-refractivity contribution in [2.45, 2.75) is 44.4 Å². The Morgan fingerprint density at radius 3 is 2.05 bits per heavy atom. The van der Waals surface area contributed by atoms with E-state index in [0.29, 0.717) is 34.2 Å². The van der Waals surface area contributed by atoms with Crippen LogP contribution < -0.4 is 0 Å². The van der Waals surface area contributed by atoms with Gasteiger partial charge in [0.15, 0.2) is 23.1 Å². The van der Waals surface area contributed by atoms with Crippen molar-refractivity contribution in [2.75, 3.05) is 6.54 Å². The highest BCUT2D eigenvalue weighted by Gasteiger charge is 2.43. The zero-order valence-corrected chi connectivity index (χ0v) is 21.0. The predicted octanol–water partition coefficient (Wildman–Crippen LogP) is 5.19. The van der Waals surface area contributed by atoms with E-state index in [1.807, 2.05) is 0 Å². The Hall–Kier alpha value is -4.30. The lowest BCUT2D eigenvalue weighted by atomic mass is 9.86. The van der Waals surface area contributed by atoms with Crippen LogP contribution in [0.5, 0.6) is 0 Å². The molecule has 1 amide bonds. The first kappa shape index (κ1) is 29.7. The van der Waals surface area contributed by atoms with Crippen LogP contribution in [0.2, 0.25) is 0 Å². The SMILES string of the molecule is O=C(CN(Cc1cc(F)cc(F)c1)C(=O)c1cnn(C2CCC(C(=O)O)CC2)c1C(F)(F)F)c1c(F)cncc1F. The number of aromatic nitrogens is 3. The molecule has 8 nitrogen and oxygen atoms in total. The number of halogens is 7. The van der Waals surface area contributed by atoms with Crippen molar-refractivity contribution in [3.63, 3.8) is 0 Å². The molecule has 1 fully saturated rings. The summed E-state index contributed by atoms with van der Waals surface area (Å²) in [5, 5.41) is 12.9. The largest absolute Gasteiger partial charge is 0.481 e. The first-order valence-corrected chi connectivity index (χ1v) is 12.2. The average Bonchev–Trinajstić information content (AvgIpc) is 3.33. The summed E-state index contributed by atoms with van der Waals surface area (Å²) in [5.74, 6) is -9.54. The lowest BCUT2D eigenvalue weighted by Gasteiger charge is -2.28. The molecule has 1 aliphatic rings. The van der Waals surface area contributed by atoms with Gasteiger partial charge in [-0.25, -0.2) is 17.6 Å². The van der Waals surface area contributed by atoms with Crippen molar-refractivity contribution < 1.29 is 50.2 Å². The number of hydrogen-bond acceptors (Lipinski definition) is 5. The first-order valence-electron chi connectivity index (χ1n) is 12.2. The summed E-state index contributed by atoms with van der Waals surface area (Å²) >= 11 is 0. The Balaban J connectivity index is 1.73. The Kier molecular flexibility index (Phi) is 8.44. The van der Waals surface area contributed by atoms with Crippen LogP contribution in [0, 0.1) is 29.2 Å². The normalized spacial score (nSPS) is 17.3. The number of pyridine rings is 1. The molecular formula is C26H21F7N4O4. The number of carboxylic acids is 1. The maximum Gasteiger partial charge on any atom is 0.433 e. The quantitative estimate of drug-likeness (QED) is 0.288. The van der Waals surface area contributed by atoms with Gasteiger partial charge in [-0.1, -0.05) is 0 Å². The molecule has 0 saturated heterocycles. The number of benzene rings is 1. The van der Waals surface area contributed by atoms with Gasteiger partial charge < -0.3 is 10.0 Å². The predicted molar refractivity (Wildman–Crippen MR) is 125 cm³/mol. The van der Waals surface area contributed by atoms with E-state index in [0.717, 1.165) is 12.1 Å². The molecule has 4 rings (SSSR count). The number of carbonyl (C=O) groups excluding carboxylic acids is 2. The van der Waals surface area contributed by atoms with Crippen LogP contribution in [-0.2, 0) is 17.5 Å². The average molecular weight is 586 g/mol. The van der Waals surface area contributed by atoms with E-state index in [9.17, 15) is 50.2 Å². The van der Waals surface area contributed by atoms with Crippen molar-refractivity contribution in [3.05, 3.63) is 82.4 Å². The molecule has 218 valence electrons. The van der Waals surface area contributed by atoms with E-state index in [2.05, 4.69) is 10.1 Å². The number of alkyl halides is 3. The van der Waals surface area contributed by atoms with Gasteiger partial charge in [-0.05, 0) is 43.4 Å². The summed E-state index contributed by atoms with van der Waals surface area (Å²) < 4.78 is 99.5. The molecule has 15 heteroatoms. The van der Waals surface area contributed by atoms with Gasteiger partial charge in [-0.15, -0.1) is 0 Å². The van der Waals surface area contributed by atoms with E-state index >= 15 is 0 Å². The summed E-state index contributed by atoms with van der Waals surface area (Å²) in [6.07, 6.45) is -3.27. The Labute approximate surface area is 227 Å². The van der Waals surface area contributed by atoms with Gasteiger partial charge in [0.05, 0.1) is 48.2 Å². The van der Waals surface area contributed by atoms with E-state index in [-0.39, 0.29) is 31.2 Å². The smallest absolute Gasteiger partial charge is 0.433 e. The molecule has 0 unspecified atom stereocenters. The minimum Gasteiger partial charge on any atom is -0.481 e. The van der Waals surface area contributed by atoms with E-state index in [1.165, 1.54) is 0 Å². The van der Waals surface area contributed by atoms with Gasteiger partial charge in [0, 0.05) is 12.6 Å². The molecule has 0 spiro atoms. The van der Waals surface area contributed by atoms with Crippen molar-refractivity contribution in [1.29, 1.82) is 0 Å². The third-order valence-electron chi connectivity index (χ3n) is 6.74. The molecule has 0 bridgehead atoms. The number of ketones is 1. The molecule has 0 radical (unpaired) electrons. The molecule has 1 aliphatic carbocycles. The molecule has 1 saturated carbocycles. The number of carboxylic acid groups (broad SMARTS) is 1. The molecule has 0 aliphatic heterocycles. The maximum atomic E-state index is 14.3. The number of nitrogens with zero attached hydrogens (tertiary/aromatic N) is 4. The summed E-state index contributed by atoms with van der Waals surface area (Å²) in [6.45, 7) is -1.97. The minimum atomic E-state index is -5.14. The van der Waals surface area contributed by atoms with Crippen LogP contribution in [0.25, 0.3) is 0 Å². The number of Topliss-reactive ketones (excluding diaryl/α,β-unsaturated/α-hetero) is 1. The lowest BCUT2D eigenvalue weighted by Crippen LogP contribution is -2.37. The number of aliphatic carboxylic acids is 1. The summed E-state index contributed by atoms with van der Waals surface area (Å²) in [7, 11) is 0. The lowest BCUT2D eigenvalue weighted by molar-refractivity contribution is -0.147. The zero-order valence-electron chi connectivity index (χ0n) is 21.0. The molecule has 0 atom stereocenters. The second-order valence-electron chi connectivity index (χ2n) is 9.53. The molecule has 41 heavy (non-hydrogen) atoms. The van der Waals surface area contributed by atoms with Crippen molar-refractivity contribution >= 4 is 17.7 Å². The molecule has 3 aromatic rings. The van der Waals surface area contributed by atoms with Crippen LogP contribution in [0.15, 0.2) is 36.8 Å². The van der Waals surface area contributed by atoms with Crippen LogP contribution in [-0.4, -0.2) is 49.0 Å². The fourth-order valence-electron chi connectivity index (χ4n) is 4.87. The summed E-state index contributed by atoms with van der Waals surface area (Å²) in [5.41, 5.74) is -3.86. The molecule has 1 N–H and O–H groups in total. The van der Waals surface area contributed by atoms with Gasteiger partial charge in [0.2, 0.25) is 0 Å². The Morgan fingerprint density at radius 2 is 1.51 bits per heavy atom. The Morgan fingerprint density at radius 1 is 0.927 bits per heavy atom. The highest BCUT2D eigenvalue weighted by Crippen LogP contribution is 2.39. The molecular weight excluding hydrogens is 565 g/mol. The molecule has 2 heterocycles. The fraction of sp³-hybridized carbons (Fsp3) is 0.346. The van der Waals surface area contributed by atoms with Gasteiger partial charge >= 0.3 is 12.1 Å².